The van der Waals surface area contributed by atoms with E-state index in [1.807, 2.05) is 57.2 Å². The highest BCUT2D eigenvalue weighted by Crippen LogP contribution is 2.35. The van der Waals surface area contributed by atoms with Crippen molar-refractivity contribution in [3.8, 4) is 17.6 Å². The molecular weight excluding hydrogens is 467 g/mol. The van der Waals surface area contributed by atoms with E-state index in [9.17, 15) is 10.1 Å². The largest absolute Gasteiger partial charge is 0.493 e. The fraction of sp³-hybridized carbons (Fsp3) is 0.273. The molecule has 2 aromatic rings. The van der Waals surface area contributed by atoms with Crippen molar-refractivity contribution in [2.75, 3.05) is 12.4 Å². The molecule has 0 unspecified atom stereocenters. The Morgan fingerprint density at radius 3 is 2.64 bits per heavy atom. The normalized spacial score (nSPS) is 11.1. The molecule has 5 nitrogen and oxygen atoms in total. The average molecular weight is 490 g/mol. The molecule has 1 amide bonds. The van der Waals surface area contributed by atoms with Gasteiger partial charge in [0.1, 0.15) is 11.6 Å². The Kier molecular flexibility index (Phi) is 7.88. The van der Waals surface area contributed by atoms with E-state index in [-0.39, 0.29) is 11.7 Å². The molecule has 0 bridgehead atoms. The zero-order valence-electron chi connectivity index (χ0n) is 16.4. The number of carbonyl (C=O) groups excluding carboxylic acids is 1. The third kappa shape index (κ3) is 5.49. The van der Waals surface area contributed by atoms with E-state index in [2.05, 4.69) is 27.9 Å². The Hall–Kier alpha value is -2.53. The summed E-state index contributed by atoms with van der Waals surface area (Å²) < 4.78 is 12.1. The van der Waals surface area contributed by atoms with Crippen LogP contribution >= 0.6 is 22.6 Å². The number of hydrogen-bond acceptors (Lipinski definition) is 4. The molecule has 0 radical (unpaired) electrons. The molecule has 2 aromatic carbocycles. The van der Waals surface area contributed by atoms with Crippen LogP contribution < -0.4 is 14.8 Å². The van der Waals surface area contributed by atoms with Gasteiger partial charge < -0.3 is 14.8 Å². The second kappa shape index (κ2) is 10.1. The van der Waals surface area contributed by atoms with Crippen LogP contribution in [0.1, 0.15) is 31.9 Å². The van der Waals surface area contributed by atoms with Gasteiger partial charge in [-0.1, -0.05) is 25.1 Å². The summed E-state index contributed by atoms with van der Waals surface area (Å²) in [5.41, 5.74) is 2.43. The van der Waals surface area contributed by atoms with Crippen molar-refractivity contribution in [2.45, 2.75) is 33.3 Å². The summed E-state index contributed by atoms with van der Waals surface area (Å²) >= 11 is 2.15. The van der Waals surface area contributed by atoms with Crippen LogP contribution in [0.25, 0.3) is 6.08 Å². The van der Waals surface area contributed by atoms with Crippen molar-refractivity contribution in [1.29, 1.82) is 5.26 Å². The highest BCUT2D eigenvalue weighted by molar-refractivity contribution is 14.1. The lowest BCUT2D eigenvalue weighted by molar-refractivity contribution is -0.112. The van der Waals surface area contributed by atoms with Crippen molar-refractivity contribution < 1.29 is 14.3 Å². The van der Waals surface area contributed by atoms with Gasteiger partial charge >= 0.3 is 0 Å². The van der Waals surface area contributed by atoms with Gasteiger partial charge in [0, 0.05) is 5.69 Å². The second-order valence-corrected chi connectivity index (χ2v) is 7.50. The van der Waals surface area contributed by atoms with Gasteiger partial charge in [-0.15, -0.1) is 0 Å². The first-order valence-electron chi connectivity index (χ1n) is 8.94. The quantitative estimate of drug-likeness (QED) is 0.329. The highest BCUT2D eigenvalue weighted by atomic mass is 127. The van der Waals surface area contributed by atoms with Crippen molar-refractivity contribution >= 4 is 40.3 Å². The molecule has 28 heavy (non-hydrogen) atoms. The molecule has 0 aliphatic heterocycles. The lowest BCUT2D eigenvalue weighted by Gasteiger charge is -2.16. The van der Waals surface area contributed by atoms with E-state index in [1.54, 1.807) is 19.3 Å². The highest BCUT2D eigenvalue weighted by Gasteiger charge is 2.15. The van der Waals surface area contributed by atoms with E-state index in [0.29, 0.717) is 22.7 Å². The SMILES string of the molecule is CCc1ccccc1NC(=O)/C(C#N)=C/c1cc(I)c(OC(C)C)c(OC)c1. The van der Waals surface area contributed by atoms with E-state index >= 15 is 0 Å². The molecule has 0 fully saturated rings. The maximum absolute atomic E-state index is 12.6. The molecular formula is C22H23IN2O3. The number of carbonyl (C=O) groups is 1. The molecule has 6 heteroatoms. The van der Waals surface area contributed by atoms with Gasteiger partial charge in [-0.3, -0.25) is 4.79 Å². The number of aryl methyl sites for hydroxylation is 1. The zero-order valence-corrected chi connectivity index (χ0v) is 18.5. The van der Waals surface area contributed by atoms with E-state index < -0.39 is 5.91 Å². The average Bonchev–Trinajstić information content (AvgIpc) is 2.67. The van der Waals surface area contributed by atoms with Crippen LogP contribution in [0.3, 0.4) is 0 Å². The Labute approximate surface area is 179 Å². The minimum atomic E-state index is -0.445. The molecule has 0 saturated heterocycles. The lowest BCUT2D eigenvalue weighted by atomic mass is 10.1. The van der Waals surface area contributed by atoms with Crippen LogP contribution in [0.2, 0.25) is 0 Å². The van der Waals surface area contributed by atoms with Crippen molar-refractivity contribution in [1.82, 2.24) is 0 Å². The molecule has 0 heterocycles. The van der Waals surface area contributed by atoms with Gasteiger partial charge in [0.05, 0.1) is 16.8 Å². The van der Waals surface area contributed by atoms with Crippen molar-refractivity contribution in [3.05, 3.63) is 56.7 Å². The van der Waals surface area contributed by atoms with Gasteiger partial charge in [0.25, 0.3) is 5.91 Å². The third-order valence-electron chi connectivity index (χ3n) is 3.93. The first-order valence-corrected chi connectivity index (χ1v) is 10.0. The van der Waals surface area contributed by atoms with E-state index in [0.717, 1.165) is 15.6 Å². The summed E-state index contributed by atoms with van der Waals surface area (Å²) in [6.45, 7) is 5.90. The number of benzene rings is 2. The number of amides is 1. The molecule has 0 aliphatic rings. The van der Waals surface area contributed by atoms with Crippen LogP contribution in [-0.2, 0) is 11.2 Å². The third-order valence-corrected chi connectivity index (χ3v) is 4.73. The first kappa shape index (κ1) is 21.8. The minimum Gasteiger partial charge on any atom is -0.493 e. The number of anilines is 1. The molecule has 1 N–H and O–H groups in total. The Morgan fingerprint density at radius 2 is 2.04 bits per heavy atom. The summed E-state index contributed by atoms with van der Waals surface area (Å²) in [6, 6.07) is 13.1. The number of rotatable bonds is 7. The number of halogens is 1. The van der Waals surface area contributed by atoms with Crippen LogP contribution in [-0.4, -0.2) is 19.1 Å². The van der Waals surface area contributed by atoms with Gasteiger partial charge in [-0.2, -0.15) is 5.26 Å². The first-order chi connectivity index (χ1) is 13.4. The van der Waals surface area contributed by atoms with Gasteiger partial charge in [0.2, 0.25) is 0 Å². The summed E-state index contributed by atoms with van der Waals surface area (Å²) in [6.07, 6.45) is 2.34. The number of ether oxygens (including phenoxy) is 2. The lowest BCUT2D eigenvalue weighted by Crippen LogP contribution is -2.14. The molecule has 0 aromatic heterocycles. The monoisotopic (exact) mass is 490 g/mol. The van der Waals surface area contributed by atoms with Crippen LogP contribution in [0.5, 0.6) is 11.5 Å². The number of nitrogens with one attached hydrogen (secondary N) is 1. The molecule has 146 valence electrons. The van der Waals surface area contributed by atoms with E-state index in [1.165, 1.54) is 0 Å². The molecule has 0 aliphatic carbocycles. The van der Waals surface area contributed by atoms with Crippen molar-refractivity contribution in [2.24, 2.45) is 0 Å². The maximum atomic E-state index is 12.6. The van der Waals surface area contributed by atoms with Crippen LogP contribution in [0.4, 0.5) is 5.69 Å². The molecule has 0 saturated carbocycles. The minimum absolute atomic E-state index is 0.00268. The number of para-hydroxylation sites is 1. The standard InChI is InChI=1S/C22H23IN2O3/c1-5-16-8-6-7-9-19(16)25-22(26)17(13-24)10-15-11-18(23)21(28-14(2)3)20(12-15)27-4/h6-12,14H,5H2,1-4H3,(H,25,26)/b17-10+. The molecule has 0 spiro atoms. The molecule has 2 rings (SSSR count). The predicted molar refractivity (Wildman–Crippen MR) is 120 cm³/mol. The fourth-order valence-corrected chi connectivity index (χ4v) is 3.38. The van der Waals surface area contributed by atoms with Gasteiger partial charge in [-0.05, 0) is 78.3 Å². The summed E-state index contributed by atoms with van der Waals surface area (Å²) in [5.74, 6) is 0.760. The Balaban J connectivity index is 2.34. The van der Waals surface area contributed by atoms with Crippen LogP contribution in [0.15, 0.2) is 42.0 Å². The van der Waals surface area contributed by atoms with Gasteiger partial charge in [0.15, 0.2) is 11.5 Å². The fourth-order valence-electron chi connectivity index (χ4n) is 2.63. The predicted octanol–water partition coefficient (Wildman–Crippen LogP) is 5.20. The summed E-state index contributed by atoms with van der Waals surface area (Å²) in [7, 11) is 1.56. The van der Waals surface area contributed by atoms with Crippen molar-refractivity contribution in [3.63, 3.8) is 0 Å². The van der Waals surface area contributed by atoms with Gasteiger partial charge in [-0.25, -0.2) is 0 Å². The maximum Gasteiger partial charge on any atom is 0.266 e. The number of nitriles is 1. The molecule has 0 atom stereocenters. The summed E-state index contributed by atoms with van der Waals surface area (Å²) in [5, 5.41) is 12.3. The second-order valence-electron chi connectivity index (χ2n) is 6.34. The number of hydrogen-bond donors (Lipinski definition) is 1. The Morgan fingerprint density at radius 1 is 1.32 bits per heavy atom. The van der Waals surface area contributed by atoms with Crippen LogP contribution in [0, 0.1) is 14.9 Å². The number of methoxy groups -OCH3 is 1. The number of nitrogens with zero attached hydrogens (tertiary/aromatic N) is 1. The van der Waals surface area contributed by atoms with E-state index in [4.69, 9.17) is 9.47 Å². The Bertz CT molecular complexity index is 930. The summed E-state index contributed by atoms with van der Waals surface area (Å²) in [4.78, 5) is 12.6. The smallest absolute Gasteiger partial charge is 0.266 e. The zero-order chi connectivity index (χ0) is 20.7. The topological polar surface area (TPSA) is 71.4 Å².